The molecule has 4 rings (SSSR count). The minimum absolute atomic E-state index is 0.0184. The van der Waals surface area contributed by atoms with Crippen molar-refractivity contribution in [2.45, 2.75) is 13.0 Å². The number of para-hydroxylation sites is 2. The lowest BCUT2D eigenvalue weighted by atomic mass is 10.1. The first kappa shape index (κ1) is 22.6. The van der Waals surface area contributed by atoms with Gasteiger partial charge in [0.15, 0.2) is 0 Å². The number of carbonyl (C=O) groups is 2. The zero-order valence-corrected chi connectivity index (χ0v) is 18.5. The zero-order chi connectivity index (χ0) is 23.9. The van der Waals surface area contributed by atoms with Gasteiger partial charge in [-0.1, -0.05) is 66.7 Å². The average molecular weight is 450 g/mol. The number of anilines is 1. The first-order valence-electron chi connectivity index (χ1n) is 10.9. The number of rotatable bonds is 8. The molecular formula is C28H23N3O3. The molecule has 0 spiro atoms. The Morgan fingerprint density at radius 3 is 2.26 bits per heavy atom. The van der Waals surface area contributed by atoms with Crippen LogP contribution in [0.3, 0.4) is 0 Å². The van der Waals surface area contributed by atoms with E-state index in [1.54, 1.807) is 21.7 Å². The van der Waals surface area contributed by atoms with Gasteiger partial charge < -0.3 is 14.6 Å². The van der Waals surface area contributed by atoms with E-state index < -0.39 is 11.9 Å². The van der Waals surface area contributed by atoms with E-state index in [9.17, 15) is 20.0 Å². The molecule has 6 heteroatoms. The van der Waals surface area contributed by atoms with E-state index in [1.165, 1.54) is 0 Å². The Hall–Kier alpha value is -4.63. The van der Waals surface area contributed by atoms with E-state index in [0.29, 0.717) is 24.2 Å². The zero-order valence-electron chi connectivity index (χ0n) is 18.5. The van der Waals surface area contributed by atoms with Crippen LogP contribution < -0.4 is 4.90 Å². The summed E-state index contributed by atoms with van der Waals surface area (Å²) >= 11 is 0. The molecule has 34 heavy (non-hydrogen) atoms. The Morgan fingerprint density at radius 2 is 1.59 bits per heavy atom. The van der Waals surface area contributed by atoms with Gasteiger partial charge in [-0.15, -0.1) is 0 Å². The first-order valence-corrected chi connectivity index (χ1v) is 10.9. The van der Waals surface area contributed by atoms with Crippen LogP contribution in [0.15, 0.2) is 96.7 Å². The van der Waals surface area contributed by atoms with E-state index in [-0.39, 0.29) is 12.1 Å². The van der Waals surface area contributed by atoms with Crippen molar-refractivity contribution >= 4 is 34.5 Å². The normalized spacial score (nSPS) is 11.2. The van der Waals surface area contributed by atoms with E-state index in [1.807, 2.05) is 84.9 Å². The number of aliphatic carboxylic acids is 1. The monoisotopic (exact) mass is 449 g/mol. The maximum Gasteiger partial charge on any atom is 0.323 e. The molecule has 0 unspecified atom stereocenters. The third-order valence-corrected chi connectivity index (χ3v) is 5.56. The predicted octanol–water partition coefficient (Wildman–Crippen LogP) is 4.91. The van der Waals surface area contributed by atoms with Crippen molar-refractivity contribution in [3.05, 3.63) is 108 Å². The van der Waals surface area contributed by atoms with Crippen molar-refractivity contribution in [3.8, 4) is 6.07 Å². The van der Waals surface area contributed by atoms with Crippen molar-refractivity contribution in [2.75, 3.05) is 11.4 Å². The molecule has 1 aromatic heterocycles. The van der Waals surface area contributed by atoms with Gasteiger partial charge in [-0.3, -0.25) is 9.59 Å². The predicted molar refractivity (Wildman–Crippen MR) is 132 cm³/mol. The van der Waals surface area contributed by atoms with Crippen LogP contribution in [0.5, 0.6) is 0 Å². The lowest BCUT2D eigenvalue weighted by Crippen LogP contribution is -2.33. The summed E-state index contributed by atoms with van der Waals surface area (Å²) in [5.74, 6) is -1.37. The van der Waals surface area contributed by atoms with Gasteiger partial charge in [-0.25, -0.2) is 0 Å². The average Bonchev–Trinajstić information content (AvgIpc) is 3.20. The molecule has 1 N–H and O–H groups in total. The fourth-order valence-corrected chi connectivity index (χ4v) is 3.95. The van der Waals surface area contributed by atoms with Crippen molar-refractivity contribution < 1.29 is 14.7 Å². The molecular weight excluding hydrogens is 426 g/mol. The van der Waals surface area contributed by atoms with Crippen molar-refractivity contribution in [3.63, 3.8) is 0 Å². The molecule has 0 aliphatic heterocycles. The molecule has 1 amide bonds. The third kappa shape index (κ3) is 5.05. The Balaban J connectivity index is 1.70. The molecule has 3 aromatic carbocycles. The van der Waals surface area contributed by atoms with E-state index in [2.05, 4.69) is 6.07 Å². The van der Waals surface area contributed by atoms with Crippen LogP contribution in [0.4, 0.5) is 5.69 Å². The fourth-order valence-electron chi connectivity index (χ4n) is 3.95. The molecule has 0 atom stereocenters. The lowest BCUT2D eigenvalue weighted by molar-refractivity contribution is -0.137. The lowest BCUT2D eigenvalue weighted by Gasteiger charge is -2.22. The number of carboxylic acid groups (broad SMARTS) is 1. The van der Waals surface area contributed by atoms with Gasteiger partial charge in [0.25, 0.3) is 5.91 Å². The van der Waals surface area contributed by atoms with Gasteiger partial charge >= 0.3 is 5.97 Å². The second-order valence-electron chi connectivity index (χ2n) is 7.82. The van der Waals surface area contributed by atoms with Crippen LogP contribution >= 0.6 is 0 Å². The molecule has 0 saturated heterocycles. The maximum atomic E-state index is 13.6. The molecule has 4 aromatic rings. The van der Waals surface area contributed by atoms with Crippen LogP contribution in [-0.2, 0) is 22.6 Å². The Kier molecular flexibility index (Phi) is 6.85. The van der Waals surface area contributed by atoms with E-state index in [4.69, 9.17) is 0 Å². The Bertz CT molecular complexity index is 1380. The van der Waals surface area contributed by atoms with Crippen LogP contribution in [-0.4, -0.2) is 28.1 Å². The number of carboxylic acids is 1. The van der Waals surface area contributed by atoms with Gasteiger partial charge in [-0.05, 0) is 36.3 Å². The van der Waals surface area contributed by atoms with Gasteiger partial charge in [0.2, 0.25) is 0 Å². The topological polar surface area (TPSA) is 86.3 Å². The molecule has 0 aliphatic carbocycles. The van der Waals surface area contributed by atoms with Gasteiger partial charge in [0.1, 0.15) is 18.2 Å². The number of nitrogens with zero attached hydrogens (tertiary/aromatic N) is 3. The molecule has 0 bridgehead atoms. The number of amides is 1. The summed E-state index contributed by atoms with van der Waals surface area (Å²) in [7, 11) is 0. The third-order valence-electron chi connectivity index (χ3n) is 5.56. The van der Waals surface area contributed by atoms with Crippen LogP contribution in [0.2, 0.25) is 0 Å². The number of benzene rings is 3. The summed E-state index contributed by atoms with van der Waals surface area (Å²) in [5, 5.41) is 19.9. The Morgan fingerprint density at radius 1 is 0.941 bits per heavy atom. The number of carbonyl (C=O) groups excluding carboxylic acids is 1. The second kappa shape index (κ2) is 10.3. The standard InChI is InChI=1S/C28H23N3O3/c29-18-22(17-23-19-30(20-27(32)33)26-14-8-7-13-25(23)26)28(34)31(24-11-5-2-6-12-24)16-15-21-9-3-1-4-10-21/h1-14,17,19H,15-16,20H2,(H,32,33). The summed E-state index contributed by atoms with van der Waals surface area (Å²) in [6, 6.07) is 28.5. The highest BCUT2D eigenvalue weighted by molar-refractivity contribution is 6.12. The maximum absolute atomic E-state index is 13.6. The number of nitriles is 1. The van der Waals surface area contributed by atoms with E-state index in [0.717, 1.165) is 16.5 Å². The molecule has 168 valence electrons. The molecule has 0 saturated carbocycles. The van der Waals surface area contributed by atoms with Crippen molar-refractivity contribution in [1.29, 1.82) is 5.26 Å². The minimum Gasteiger partial charge on any atom is -0.480 e. The van der Waals surface area contributed by atoms with Crippen LogP contribution in [0, 0.1) is 11.3 Å². The number of aromatic nitrogens is 1. The fraction of sp³-hybridized carbons (Fsp3) is 0.107. The summed E-state index contributed by atoms with van der Waals surface area (Å²) in [4.78, 5) is 26.5. The van der Waals surface area contributed by atoms with Gasteiger partial charge in [-0.2, -0.15) is 5.26 Å². The van der Waals surface area contributed by atoms with E-state index >= 15 is 0 Å². The smallest absolute Gasteiger partial charge is 0.323 e. The molecule has 1 heterocycles. The Labute approximate surface area is 197 Å². The summed E-state index contributed by atoms with van der Waals surface area (Å²) < 4.78 is 1.60. The molecule has 6 nitrogen and oxygen atoms in total. The summed E-state index contributed by atoms with van der Waals surface area (Å²) in [6.07, 6.45) is 3.85. The molecule has 0 radical (unpaired) electrons. The minimum atomic E-state index is -0.968. The largest absolute Gasteiger partial charge is 0.480 e. The van der Waals surface area contributed by atoms with Crippen LogP contribution in [0.1, 0.15) is 11.1 Å². The highest BCUT2D eigenvalue weighted by Crippen LogP contribution is 2.25. The van der Waals surface area contributed by atoms with Crippen molar-refractivity contribution in [2.24, 2.45) is 0 Å². The first-order chi connectivity index (χ1) is 16.6. The van der Waals surface area contributed by atoms with Gasteiger partial charge in [0.05, 0.1) is 0 Å². The van der Waals surface area contributed by atoms with Gasteiger partial charge in [0, 0.05) is 34.9 Å². The van der Waals surface area contributed by atoms with Crippen LogP contribution in [0.25, 0.3) is 17.0 Å². The highest BCUT2D eigenvalue weighted by atomic mass is 16.4. The molecule has 0 fully saturated rings. The highest BCUT2D eigenvalue weighted by Gasteiger charge is 2.21. The summed E-state index contributed by atoms with van der Waals surface area (Å²) in [6.45, 7) is 0.198. The SMILES string of the molecule is N#CC(=Cc1cn(CC(=O)O)c2ccccc12)C(=O)N(CCc1ccccc1)c1ccccc1. The number of fused-ring (bicyclic) bond motifs is 1. The van der Waals surface area contributed by atoms with Crippen molar-refractivity contribution in [1.82, 2.24) is 4.57 Å². The quantitative estimate of drug-likeness (QED) is 0.306. The number of hydrogen-bond acceptors (Lipinski definition) is 3. The molecule has 0 aliphatic rings. The number of hydrogen-bond donors (Lipinski definition) is 1. The summed E-state index contributed by atoms with van der Waals surface area (Å²) in [5.41, 5.74) is 3.13. The second-order valence-corrected chi connectivity index (χ2v) is 7.82.